The fraction of sp³-hybridized carbons (Fsp3) is 0.158. The molecule has 1 N–H and O–H groups in total. The van der Waals surface area contributed by atoms with Crippen molar-refractivity contribution in [3.8, 4) is 11.3 Å². The zero-order valence-corrected chi connectivity index (χ0v) is 15.2. The number of hydrogen-bond acceptors (Lipinski definition) is 5. The molecule has 4 aromatic rings. The number of hydrogen-bond donors (Lipinski definition) is 1. The van der Waals surface area contributed by atoms with E-state index < -0.39 is 0 Å². The smallest absolute Gasteiger partial charge is 0.188 e. The van der Waals surface area contributed by atoms with Crippen LogP contribution >= 0.6 is 22.7 Å². The summed E-state index contributed by atoms with van der Waals surface area (Å²) in [7, 11) is 0. The van der Waals surface area contributed by atoms with E-state index in [1.807, 2.05) is 6.92 Å². The largest absolute Gasteiger partial charge is 0.332 e. The molecule has 0 spiro atoms. The van der Waals surface area contributed by atoms with Crippen LogP contribution in [0.2, 0.25) is 0 Å². The van der Waals surface area contributed by atoms with Gasteiger partial charge in [0.25, 0.3) is 0 Å². The molecule has 0 unspecified atom stereocenters. The van der Waals surface area contributed by atoms with Crippen LogP contribution in [-0.2, 0) is 6.42 Å². The van der Waals surface area contributed by atoms with Crippen molar-refractivity contribution >= 4 is 43.7 Å². The summed E-state index contributed by atoms with van der Waals surface area (Å²) in [6.07, 6.45) is 1.05. The molecule has 0 aliphatic heterocycles. The predicted octanol–water partition coefficient (Wildman–Crippen LogP) is 6.03. The highest BCUT2D eigenvalue weighted by molar-refractivity contribution is 7.22. The second-order valence-electron chi connectivity index (χ2n) is 5.63. The summed E-state index contributed by atoms with van der Waals surface area (Å²) in [5, 5.41) is 7.52. The topological polar surface area (TPSA) is 37.8 Å². The molecule has 0 amide bonds. The van der Waals surface area contributed by atoms with E-state index in [0.29, 0.717) is 0 Å². The third kappa shape index (κ3) is 3.05. The normalized spacial score (nSPS) is 11.1. The van der Waals surface area contributed by atoms with Crippen LogP contribution in [0.5, 0.6) is 0 Å². The molecule has 4 rings (SSSR count). The third-order valence-electron chi connectivity index (χ3n) is 3.91. The zero-order chi connectivity index (χ0) is 16.5. The van der Waals surface area contributed by atoms with Crippen molar-refractivity contribution in [2.75, 3.05) is 5.32 Å². The third-order valence-corrected chi connectivity index (χ3v) is 5.62. The van der Waals surface area contributed by atoms with Crippen LogP contribution in [0, 0.1) is 6.92 Å². The van der Waals surface area contributed by atoms with Crippen LogP contribution in [0.15, 0.2) is 47.8 Å². The van der Waals surface area contributed by atoms with Crippen LogP contribution in [0.1, 0.15) is 17.5 Å². The quantitative estimate of drug-likeness (QED) is 0.487. The van der Waals surface area contributed by atoms with E-state index in [2.05, 4.69) is 70.1 Å². The summed E-state index contributed by atoms with van der Waals surface area (Å²) in [6.45, 7) is 4.20. The van der Waals surface area contributed by atoms with Gasteiger partial charge >= 0.3 is 0 Å². The first kappa shape index (κ1) is 15.3. The molecule has 0 saturated heterocycles. The van der Waals surface area contributed by atoms with Crippen molar-refractivity contribution in [3.05, 3.63) is 58.4 Å². The van der Waals surface area contributed by atoms with Gasteiger partial charge in [-0.25, -0.2) is 9.97 Å². The molecule has 24 heavy (non-hydrogen) atoms. The summed E-state index contributed by atoms with van der Waals surface area (Å²) < 4.78 is 1.23. The highest BCUT2D eigenvalue weighted by Gasteiger charge is 2.06. The standard InChI is InChI=1S/C19H17N3S2/c1-3-13-4-9-16-18(10-13)24-19(22-16)21-15-7-5-14(6-8-15)17-11-23-12(2)20-17/h4-11H,3H2,1-2H3,(H,21,22). The first-order valence-electron chi connectivity index (χ1n) is 7.90. The zero-order valence-electron chi connectivity index (χ0n) is 13.5. The molecule has 0 aliphatic carbocycles. The number of rotatable bonds is 4. The van der Waals surface area contributed by atoms with E-state index >= 15 is 0 Å². The second kappa shape index (κ2) is 6.34. The number of thiazole rings is 2. The first-order valence-corrected chi connectivity index (χ1v) is 9.60. The Morgan fingerprint density at radius 1 is 1.04 bits per heavy atom. The summed E-state index contributed by atoms with van der Waals surface area (Å²) in [4.78, 5) is 9.19. The van der Waals surface area contributed by atoms with Gasteiger partial charge in [0.15, 0.2) is 5.13 Å². The molecule has 2 heterocycles. The second-order valence-corrected chi connectivity index (χ2v) is 7.72. The Morgan fingerprint density at radius 3 is 2.58 bits per heavy atom. The monoisotopic (exact) mass is 351 g/mol. The molecule has 2 aromatic heterocycles. The maximum absolute atomic E-state index is 4.66. The Morgan fingerprint density at radius 2 is 1.88 bits per heavy atom. The van der Waals surface area contributed by atoms with Crippen LogP contribution < -0.4 is 5.32 Å². The van der Waals surface area contributed by atoms with Crippen molar-refractivity contribution in [2.24, 2.45) is 0 Å². The number of fused-ring (bicyclic) bond motifs is 1. The lowest BCUT2D eigenvalue weighted by Gasteiger charge is -2.03. The number of aryl methyl sites for hydroxylation is 2. The van der Waals surface area contributed by atoms with E-state index in [0.717, 1.165) is 39.0 Å². The summed E-state index contributed by atoms with van der Waals surface area (Å²) in [5.41, 5.74) is 5.62. The molecule has 0 bridgehead atoms. The Bertz CT molecular complexity index is 983. The number of benzene rings is 2. The van der Waals surface area contributed by atoms with Crippen LogP contribution in [0.4, 0.5) is 10.8 Å². The van der Waals surface area contributed by atoms with Crippen molar-refractivity contribution in [1.82, 2.24) is 9.97 Å². The molecular weight excluding hydrogens is 334 g/mol. The SMILES string of the molecule is CCc1ccc2nc(Nc3ccc(-c4csc(C)n4)cc3)sc2c1. The van der Waals surface area contributed by atoms with Crippen molar-refractivity contribution in [2.45, 2.75) is 20.3 Å². The molecule has 5 heteroatoms. The Balaban J connectivity index is 1.56. The Hall–Kier alpha value is -2.24. The highest BCUT2D eigenvalue weighted by Crippen LogP contribution is 2.30. The molecule has 0 radical (unpaired) electrons. The molecule has 0 atom stereocenters. The lowest BCUT2D eigenvalue weighted by molar-refractivity contribution is 1.15. The van der Waals surface area contributed by atoms with Gasteiger partial charge in [-0.2, -0.15) is 0 Å². The minimum absolute atomic E-state index is 0.926. The summed E-state index contributed by atoms with van der Waals surface area (Å²) in [5.74, 6) is 0. The van der Waals surface area contributed by atoms with Crippen molar-refractivity contribution in [1.29, 1.82) is 0 Å². The van der Waals surface area contributed by atoms with Gasteiger partial charge in [-0.3, -0.25) is 0 Å². The lowest BCUT2D eigenvalue weighted by Crippen LogP contribution is -1.89. The van der Waals surface area contributed by atoms with Crippen molar-refractivity contribution < 1.29 is 0 Å². The van der Waals surface area contributed by atoms with Gasteiger partial charge in [-0.05, 0) is 43.2 Å². The van der Waals surface area contributed by atoms with Crippen molar-refractivity contribution in [3.63, 3.8) is 0 Å². The molecule has 0 fully saturated rings. The van der Waals surface area contributed by atoms with E-state index in [4.69, 9.17) is 0 Å². The number of aromatic nitrogens is 2. The van der Waals surface area contributed by atoms with Gasteiger partial charge in [0.05, 0.1) is 20.9 Å². The average Bonchev–Trinajstić information content (AvgIpc) is 3.20. The Kier molecular flexibility index (Phi) is 4.04. The van der Waals surface area contributed by atoms with E-state index in [9.17, 15) is 0 Å². The maximum Gasteiger partial charge on any atom is 0.188 e. The molecule has 120 valence electrons. The van der Waals surface area contributed by atoms with Crippen LogP contribution in [-0.4, -0.2) is 9.97 Å². The summed E-state index contributed by atoms with van der Waals surface area (Å²) in [6, 6.07) is 14.8. The van der Waals surface area contributed by atoms with E-state index in [1.165, 1.54) is 10.3 Å². The molecule has 0 aliphatic rings. The van der Waals surface area contributed by atoms with Gasteiger partial charge in [-0.15, -0.1) is 11.3 Å². The molecule has 0 saturated carbocycles. The number of nitrogens with zero attached hydrogens (tertiary/aromatic N) is 2. The van der Waals surface area contributed by atoms with Crippen LogP contribution in [0.3, 0.4) is 0 Å². The number of nitrogens with one attached hydrogen (secondary N) is 1. The minimum Gasteiger partial charge on any atom is -0.332 e. The fourth-order valence-electron chi connectivity index (χ4n) is 2.59. The van der Waals surface area contributed by atoms with Gasteiger partial charge < -0.3 is 5.32 Å². The number of anilines is 2. The van der Waals surface area contributed by atoms with E-state index in [1.54, 1.807) is 22.7 Å². The Labute approximate surface area is 149 Å². The predicted molar refractivity (Wildman–Crippen MR) is 105 cm³/mol. The molecule has 2 aromatic carbocycles. The van der Waals surface area contributed by atoms with Gasteiger partial charge in [0, 0.05) is 16.6 Å². The highest BCUT2D eigenvalue weighted by atomic mass is 32.1. The van der Waals surface area contributed by atoms with Crippen LogP contribution in [0.25, 0.3) is 21.5 Å². The lowest BCUT2D eigenvalue weighted by atomic mass is 10.1. The fourth-order valence-corrected chi connectivity index (χ4v) is 4.16. The summed E-state index contributed by atoms with van der Waals surface area (Å²) >= 11 is 3.37. The molecule has 3 nitrogen and oxygen atoms in total. The van der Waals surface area contributed by atoms with E-state index in [-0.39, 0.29) is 0 Å². The average molecular weight is 352 g/mol. The maximum atomic E-state index is 4.66. The minimum atomic E-state index is 0.926. The van der Waals surface area contributed by atoms with Gasteiger partial charge in [0.2, 0.25) is 0 Å². The molecular formula is C19H17N3S2. The van der Waals surface area contributed by atoms with Gasteiger partial charge in [-0.1, -0.05) is 36.5 Å². The first-order chi connectivity index (χ1) is 11.7. The van der Waals surface area contributed by atoms with Gasteiger partial charge in [0.1, 0.15) is 0 Å².